The zero-order valence-corrected chi connectivity index (χ0v) is 14.8. The molecule has 5 heteroatoms. The molecule has 0 fully saturated rings. The van der Waals surface area contributed by atoms with E-state index in [1.54, 1.807) is 23.5 Å². The number of aryl methyl sites for hydroxylation is 1. The van der Waals surface area contributed by atoms with Crippen LogP contribution in [0.25, 0.3) is 0 Å². The van der Waals surface area contributed by atoms with Gasteiger partial charge in [0.1, 0.15) is 19.0 Å². The Morgan fingerprint density at radius 2 is 1.80 bits per heavy atom. The van der Waals surface area contributed by atoms with Gasteiger partial charge >= 0.3 is 5.97 Å². The van der Waals surface area contributed by atoms with Gasteiger partial charge in [-0.3, -0.25) is 0 Å². The first kappa shape index (κ1) is 17.2. The molecule has 128 valence electrons. The first-order valence-electron chi connectivity index (χ1n) is 8.12. The number of benzene rings is 2. The molecule has 0 radical (unpaired) electrons. The van der Waals surface area contributed by atoms with Crippen LogP contribution >= 0.6 is 11.3 Å². The minimum atomic E-state index is -0.346. The number of hydrogen-bond acceptors (Lipinski definition) is 5. The van der Waals surface area contributed by atoms with Gasteiger partial charge in [0.05, 0.1) is 16.3 Å². The van der Waals surface area contributed by atoms with Crippen LogP contribution in [0.15, 0.2) is 60.0 Å². The van der Waals surface area contributed by atoms with Crippen LogP contribution in [-0.2, 0) is 24.4 Å². The fourth-order valence-electron chi connectivity index (χ4n) is 2.22. The van der Waals surface area contributed by atoms with Gasteiger partial charge in [-0.2, -0.15) is 0 Å². The van der Waals surface area contributed by atoms with E-state index in [1.165, 1.54) is 0 Å². The smallest absolute Gasteiger partial charge is 0.338 e. The Kier molecular flexibility index (Phi) is 5.80. The minimum Gasteiger partial charge on any atom is -0.489 e. The lowest BCUT2D eigenvalue weighted by atomic mass is 10.1. The largest absolute Gasteiger partial charge is 0.489 e. The summed E-state index contributed by atoms with van der Waals surface area (Å²) in [5, 5.41) is 2.98. The van der Waals surface area contributed by atoms with E-state index in [2.05, 4.69) is 11.9 Å². The van der Waals surface area contributed by atoms with Crippen LogP contribution in [0.3, 0.4) is 0 Å². The molecule has 1 heterocycles. The normalized spacial score (nSPS) is 10.4. The van der Waals surface area contributed by atoms with Gasteiger partial charge in [0.2, 0.25) is 0 Å². The van der Waals surface area contributed by atoms with Gasteiger partial charge in [-0.15, -0.1) is 11.3 Å². The van der Waals surface area contributed by atoms with Gasteiger partial charge < -0.3 is 9.47 Å². The van der Waals surface area contributed by atoms with Crippen LogP contribution < -0.4 is 4.74 Å². The molecule has 0 bridgehead atoms. The molecule has 0 amide bonds. The third-order valence-corrected chi connectivity index (χ3v) is 4.63. The second-order valence-corrected chi connectivity index (χ2v) is 6.40. The highest BCUT2D eigenvalue weighted by atomic mass is 32.1. The fourth-order valence-corrected chi connectivity index (χ4v) is 2.95. The minimum absolute atomic E-state index is 0.203. The van der Waals surface area contributed by atoms with Gasteiger partial charge in [-0.25, -0.2) is 9.78 Å². The molecule has 0 saturated heterocycles. The molecular formula is C20H19NO3S. The average Bonchev–Trinajstić information content (AvgIpc) is 3.14. The van der Waals surface area contributed by atoms with Crippen molar-refractivity contribution in [3.63, 3.8) is 0 Å². The van der Waals surface area contributed by atoms with E-state index in [0.717, 1.165) is 28.4 Å². The van der Waals surface area contributed by atoms with Crippen molar-refractivity contribution in [2.45, 2.75) is 26.6 Å². The SMILES string of the molecule is CCc1nc(COC(=O)c2ccc(COc3ccccc3)cc2)cs1. The third-order valence-electron chi connectivity index (χ3n) is 3.59. The number of nitrogens with zero attached hydrogens (tertiary/aromatic N) is 1. The molecule has 0 unspecified atom stereocenters. The number of para-hydroxylation sites is 1. The van der Waals surface area contributed by atoms with Crippen molar-refractivity contribution in [2.24, 2.45) is 0 Å². The molecule has 0 saturated carbocycles. The van der Waals surface area contributed by atoms with Crippen molar-refractivity contribution in [1.29, 1.82) is 0 Å². The first-order chi connectivity index (χ1) is 12.2. The quantitative estimate of drug-likeness (QED) is 0.581. The predicted molar refractivity (Wildman–Crippen MR) is 97.8 cm³/mol. The summed E-state index contributed by atoms with van der Waals surface area (Å²) < 4.78 is 11.0. The van der Waals surface area contributed by atoms with Crippen molar-refractivity contribution >= 4 is 17.3 Å². The number of hydrogen-bond donors (Lipinski definition) is 0. The molecule has 0 aliphatic heterocycles. The Labute approximate surface area is 151 Å². The molecule has 4 nitrogen and oxygen atoms in total. The lowest BCUT2D eigenvalue weighted by molar-refractivity contribution is 0.0468. The Morgan fingerprint density at radius 1 is 1.04 bits per heavy atom. The molecule has 0 atom stereocenters. The van der Waals surface area contributed by atoms with Crippen molar-refractivity contribution in [3.8, 4) is 5.75 Å². The Balaban J connectivity index is 1.51. The van der Waals surface area contributed by atoms with Crippen LogP contribution in [0.4, 0.5) is 0 Å². The molecule has 0 N–H and O–H groups in total. The van der Waals surface area contributed by atoms with Gasteiger partial charge in [0, 0.05) is 5.38 Å². The summed E-state index contributed by atoms with van der Waals surface area (Å²) >= 11 is 1.59. The zero-order valence-electron chi connectivity index (χ0n) is 14.0. The van der Waals surface area contributed by atoms with E-state index in [0.29, 0.717) is 12.2 Å². The second kappa shape index (κ2) is 8.44. The van der Waals surface area contributed by atoms with Gasteiger partial charge in [0.25, 0.3) is 0 Å². The van der Waals surface area contributed by atoms with Crippen LogP contribution in [0, 0.1) is 0 Å². The molecule has 1 aromatic heterocycles. The van der Waals surface area contributed by atoms with Gasteiger partial charge in [0.15, 0.2) is 0 Å². The van der Waals surface area contributed by atoms with Crippen molar-refractivity contribution in [2.75, 3.05) is 0 Å². The summed E-state index contributed by atoms with van der Waals surface area (Å²) in [6.45, 7) is 2.71. The number of ether oxygens (including phenoxy) is 2. The molecule has 0 aliphatic carbocycles. The molecular weight excluding hydrogens is 334 g/mol. The number of aromatic nitrogens is 1. The number of esters is 1. The van der Waals surface area contributed by atoms with E-state index < -0.39 is 0 Å². The summed E-state index contributed by atoms with van der Waals surface area (Å²) in [5.74, 6) is 0.474. The van der Waals surface area contributed by atoms with Gasteiger partial charge in [-0.1, -0.05) is 37.3 Å². The molecule has 25 heavy (non-hydrogen) atoms. The van der Waals surface area contributed by atoms with Crippen LogP contribution in [0.5, 0.6) is 5.75 Å². The van der Waals surface area contributed by atoms with Crippen molar-refractivity contribution < 1.29 is 14.3 Å². The molecule has 2 aromatic carbocycles. The Morgan fingerprint density at radius 3 is 2.48 bits per heavy atom. The fraction of sp³-hybridized carbons (Fsp3) is 0.200. The van der Waals surface area contributed by atoms with Crippen molar-refractivity contribution in [1.82, 2.24) is 4.98 Å². The highest BCUT2D eigenvalue weighted by Crippen LogP contribution is 2.14. The molecule has 0 spiro atoms. The maximum Gasteiger partial charge on any atom is 0.338 e. The van der Waals surface area contributed by atoms with Crippen LogP contribution in [0.1, 0.15) is 33.5 Å². The molecule has 3 rings (SSSR count). The van der Waals surface area contributed by atoms with E-state index in [4.69, 9.17) is 9.47 Å². The van der Waals surface area contributed by atoms with Crippen molar-refractivity contribution in [3.05, 3.63) is 81.8 Å². The lowest BCUT2D eigenvalue weighted by Gasteiger charge is -2.07. The lowest BCUT2D eigenvalue weighted by Crippen LogP contribution is -2.06. The maximum absolute atomic E-state index is 12.1. The summed E-state index contributed by atoms with van der Waals surface area (Å²) in [4.78, 5) is 16.5. The van der Waals surface area contributed by atoms with Crippen LogP contribution in [-0.4, -0.2) is 11.0 Å². The summed E-state index contributed by atoms with van der Waals surface area (Å²) in [6.07, 6.45) is 0.894. The second-order valence-electron chi connectivity index (χ2n) is 5.46. The summed E-state index contributed by atoms with van der Waals surface area (Å²) in [5.41, 5.74) is 2.31. The number of thiazole rings is 1. The zero-order chi connectivity index (χ0) is 17.5. The highest BCUT2D eigenvalue weighted by molar-refractivity contribution is 7.09. The Hall–Kier alpha value is -2.66. The standard InChI is InChI=1S/C20H19NO3S/c1-2-19-21-17(14-25-19)13-24-20(22)16-10-8-15(9-11-16)12-23-18-6-4-3-5-7-18/h3-11,14H,2,12-13H2,1H3. The molecule has 3 aromatic rings. The maximum atomic E-state index is 12.1. The third kappa shape index (κ3) is 4.90. The highest BCUT2D eigenvalue weighted by Gasteiger charge is 2.09. The number of carbonyl (C=O) groups is 1. The Bertz CT molecular complexity index is 812. The monoisotopic (exact) mass is 353 g/mol. The van der Waals surface area contributed by atoms with Gasteiger partial charge in [-0.05, 0) is 36.2 Å². The summed E-state index contributed by atoms with van der Waals surface area (Å²) in [6, 6.07) is 16.9. The number of carbonyl (C=O) groups excluding carboxylic acids is 1. The van der Waals surface area contributed by atoms with Crippen LogP contribution in [0.2, 0.25) is 0 Å². The van der Waals surface area contributed by atoms with E-state index >= 15 is 0 Å². The molecule has 0 aliphatic rings. The van der Waals surface area contributed by atoms with E-state index in [9.17, 15) is 4.79 Å². The predicted octanol–water partition coefficient (Wildman–Crippen LogP) is 4.64. The average molecular weight is 353 g/mol. The van der Waals surface area contributed by atoms with E-state index in [1.807, 2.05) is 47.8 Å². The van der Waals surface area contributed by atoms with E-state index in [-0.39, 0.29) is 12.6 Å². The summed E-state index contributed by atoms with van der Waals surface area (Å²) in [7, 11) is 0. The topological polar surface area (TPSA) is 48.4 Å². The first-order valence-corrected chi connectivity index (χ1v) is 8.99. The number of rotatable bonds is 7.